The largest absolute Gasteiger partial charge is 0.416 e. The van der Waals surface area contributed by atoms with Gasteiger partial charge >= 0.3 is 6.18 Å². The summed E-state index contributed by atoms with van der Waals surface area (Å²) in [7, 11) is 1.44. The van der Waals surface area contributed by atoms with Crippen LogP contribution in [0.2, 0.25) is 0 Å². The van der Waals surface area contributed by atoms with E-state index in [1.807, 2.05) is 0 Å². The van der Waals surface area contributed by atoms with Crippen LogP contribution >= 0.6 is 0 Å². The lowest BCUT2D eigenvalue weighted by molar-refractivity contribution is -0.137. The van der Waals surface area contributed by atoms with Crippen LogP contribution in [-0.2, 0) is 17.5 Å². The number of anilines is 1. The van der Waals surface area contributed by atoms with Crippen molar-refractivity contribution in [1.82, 2.24) is 10.1 Å². The van der Waals surface area contributed by atoms with E-state index in [0.717, 1.165) is 12.1 Å². The molecular formula is C11H10F3N3O2. The van der Waals surface area contributed by atoms with Crippen molar-refractivity contribution >= 4 is 5.69 Å². The van der Waals surface area contributed by atoms with Gasteiger partial charge in [0.05, 0.1) is 5.56 Å². The van der Waals surface area contributed by atoms with Gasteiger partial charge in [-0.05, 0) is 18.2 Å². The summed E-state index contributed by atoms with van der Waals surface area (Å²) >= 11 is 0. The number of methoxy groups -OCH3 is 1. The number of nitrogens with zero attached hydrogens (tertiary/aromatic N) is 2. The standard InChI is InChI=1S/C11H10F3N3O2/c1-18-5-9-16-10(19-17-9)6-2-7(11(12,13)14)4-8(15)3-6/h2-4H,5,15H2,1H3. The zero-order valence-electron chi connectivity index (χ0n) is 9.86. The second-order valence-corrected chi connectivity index (χ2v) is 3.79. The summed E-state index contributed by atoms with van der Waals surface area (Å²) in [5.41, 5.74) is 4.66. The Kier molecular flexibility index (Phi) is 3.43. The molecule has 1 aromatic heterocycles. The van der Waals surface area contributed by atoms with Gasteiger partial charge in [-0.15, -0.1) is 0 Å². The Morgan fingerprint density at radius 1 is 1.32 bits per heavy atom. The van der Waals surface area contributed by atoms with Crippen molar-refractivity contribution in [2.75, 3.05) is 12.8 Å². The fourth-order valence-corrected chi connectivity index (χ4v) is 1.50. The van der Waals surface area contributed by atoms with Crippen molar-refractivity contribution in [2.45, 2.75) is 12.8 Å². The molecule has 1 heterocycles. The number of nitrogen functional groups attached to an aromatic ring is 1. The number of hydrogen-bond donors (Lipinski definition) is 1. The van der Waals surface area contributed by atoms with E-state index in [0.29, 0.717) is 0 Å². The molecule has 0 unspecified atom stereocenters. The molecule has 8 heteroatoms. The molecular weight excluding hydrogens is 263 g/mol. The Balaban J connectivity index is 2.41. The third-order valence-corrected chi connectivity index (χ3v) is 2.27. The first kappa shape index (κ1) is 13.3. The fourth-order valence-electron chi connectivity index (χ4n) is 1.50. The number of halogens is 3. The number of ether oxygens (including phenoxy) is 1. The SMILES string of the molecule is COCc1noc(-c2cc(N)cc(C(F)(F)F)c2)n1. The summed E-state index contributed by atoms with van der Waals surface area (Å²) < 4.78 is 47.6. The van der Waals surface area contributed by atoms with Crippen molar-refractivity contribution in [3.05, 3.63) is 29.6 Å². The minimum Gasteiger partial charge on any atom is -0.399 e. The Labute approximate surface area is 106 Å². The lowest BCUT2D eigenvalue weighted by atomic mass is 10.1. The first-order valence-electron chi connectivity index (χ1n) is 5.20. The van der Waals surface area contributed by atoms with Gasteiger partial charge in [-0.2, -0.15) is 18.2 Å². The Bertz CT molecular complexity index is 581. The summed E-state index contributed by atoms with van der Waals surface area (Å²) in [5.74, 6) is 0.207. The number of rotatable bonds is 3. The van der Waals surface area contributed by atoms with Crippen LogP contribution in [-0.4, -0.2) is 17.3 Å². The van der Waals surface area contributed by atoms with Crippen molar-refractivity contribution in [2.24, 2.45) is 0 Å². The first-order chi connectivity index (χ1) is 8.90. The normalized spacial score (nSPS) is 11.8. The second kappa shape index (κ2) is 4.88. The lowest BCUT2D eigenvalue weighted by Gasteiger charge is -2.08. The number of aromatic nitrogens is 2. The molecule has 0 saturated heterocycles. The maximum atomic E-state index is 12.6. The molecule has 2 aromatic rings. The average Bonchev–Trinajstić information content (AvgIpc) is 2.76. The van der Waals surface area contributed by atoms with Gasteiger partial charge in [-0.1, -0.05) is 5.16 Å². The molecule has 0 aliphatic heterocycles. The van der Waals surface area contributed by atoms with Crippen LogP contribution < -0.4 is 5.73 Å². The van der Waals surface area contributed by atoms with E-state index < -0.39 is 11.7 Å². The van der Waals surface area contributed by atoms with Gasteiger partial charge in [0, 0.05) is 18.4 Å². The molecule has 2 rings (SSSR count). The van der Waals surface area contributed by atoms with Crippen molar-refractivity contribution in [3.8, 4) is 11.5 Å². The predicted octanol–water partition coefficient (Wildman–Crippen LogP) is 2.48. The van der Waals surface area contributed by atoms with E-state index in [4.69, 9.17) is 15.0 Å². The zero-order valence-corrected chi connectivity index (χ0v) is 9.86. The van der Waals surface area contributed by atoms with Crippen LogP contribution in [0.3, 0.4) is 0 Å². The van der Waals surface area contributed by atoms with Crippen molar-refractivity contribution in [1.29, 1.82) is 0 Å². The molecule has 1 aromatic carbocycles. The number of hydrogen-bond acceptors (Lipinski definition) is 5. The van der Waals surface area contributed by atoms with Crippen LogP contribution in [0.1, 0.15) is 11.4 Å². The summed E-state index contributed by atoms with van der Waals surface area (Å²) in [5, 5.41) is 3.57. The van der Waals surface area contributed by atoms with E-state index in [9.17, 15) is 13.2 Å². The molecule has 102 valence electrons. The number of alkyl halides is 3. The Morgan fingerprint density at radius 3 is 2.68 bits per heavy atom. The molecule has 0 aliphatic rings. The van der Waals surface area contributed by atoms with Crippen LogP contribution in [0, 0.1) is 0 Å². The molecule has 0 aliphatic carbocycles. The fraction of sp³-hybridized carbons (Fsp3) is 0.273. The molecule has 19 heavy (non-hydrogen) atoms. The second-order valence-electron chi connectivity index (χ2n) is 3.79. The molecule has 2 N–H and O–H groups in total. The van der Waals surface area contributed by atoms with Crippen LogP contribution in [0.5, 0.6) is 0 Å². The highest BCUT2D eigenvalue weighted by Crippen LogP contribution is 2.33. The molecule has 0 spiro atoms. The van der Waals surface area contributed by atoms with Gasteiger partial charge < -0.3 is 15.0 Å². The van der Waals surface area contributed by atoms with E-state index in [1.54, 1.807) is 0 Å². The van der Waals surface area contributed by atoms with E-state index in [-0.39, 0.29) is 29.6 Å². The van der Waals surface area contributed by atoms with E-state index in [1.165, 1.54) is 13.2 Å². The van der Waals surface area contributed by atoms with Crippen LogP contribution in [0.25, 0.3) is 11.5 Å². The summed E-state index contributed by atoms with van der Waals surface area (Å²) in [4.78, 5) is 3.91. The minimum absolute atomic E-state index is 0.0312. The number of nitrogens with two attached hydrogens (primary N) is 1. The van der Waals surface area contributed by atoms with E-state index in [2.05, 4.69) is 10.1 Å². The highest BCUT2D eigenvalue weighted by molar-refractivity contribution is 5.62. The third kappa shape index (κ3) is 3.02. The van der Waals surface area contributed by atoms with Crippen LogP contribution in [0.15, 0.2) is 22.7 Å². The zero-order chi connectivity index (χ0) is 14.0. The highest BCUT2D eigenvalue weighted by Gasteiger charge is 2.31. The van der Waals surface area contributed by atoms with Gasteiger partial charge in [0.1, 0.15) is 6.61 Å². The summed E-state index contributed by atoms with van der Waals surface area (Å²) in [6.07, 6.45) is -4.49. The maximum Gasteiger partial charge on any atom is 0.416 e. The lowest BCUT2D eigenvalue weighted by Crippen LogP contribution is -2.06. The molecule has 5 nitrogen and oxygen atoms in total. The van der Waals surface area contributed by atoms with Gasteiger partial charge in [0.2, 0.25) is 0 Å². The smallest absolute Gasteiger partial charge is 0.399 e. The quantitative estimate of drug-likeness (QED) is 0.869. The summed E-state index contributed by atoms with van der Waals surface area (Å²) in [6, 6.07) is 3.08. The van der Waals surface area contributed by atoms with Crippen LogP contribution in [0.4, 0.5) is 18.9 Å². The molecule has 0 fully saturated rings. The van der Waals surface area contributed by atoms with Crippen molar-refractivity contribution < 1.29 is 22.4 Å². The van der Waals surface area contributed by atoms with Crippen molar-refractivity contribution in [3.63, 3.8) is 0 Å². The minimum atomic E-state index is -4.49. The highest BCUT2D eigenvalue weighted by atomic mass is 19.4. The average molecular weight is 273 g/mol. The first-order valence-corrected chi connectivity index (χ1v) is 5.20. The topological polar surface area (TPSA) is 74.2 Å². The maximum absolute atomic E-state index is 12.6. The van der Waals surface area contributed by atoms with Gasteiger partial charge in [-0.3, -0.25) is 0 Å². The van der Waals surface area contributed by atoms with Gasteiger partial charge in [0.15, 0.2) is 5.82 Å². The molecule has 0 amide bonds. The monoisotopic (exact) mass is 273 g/mol. The Morgan fingerprint density at radius 2 is 2.05 bits per heavy atom. The molecule has 0 bridgehead atoms. The molecule has 0 saturated carbocycles. The molecule has 0 atom stereocenters. The van der Waals surface area contributed by atoms with E-state index >= 15 is 0 Å². The van der Waals surface area contributed by atoms with Gasteiger partial charge in [-0.25, -0.2) is 0 Å². The Hall–Kier alpha value is -2.09. The number of benzene rings is 1. The van der Waals surface area contributed by atoms with Gasteiger partial charge in [0.25, 0.3) is 5.89 Å². The third-order valence-electron chi connectivity index (χ3n) is 2.27. The predicted molar refractivity (Wildman–Crippen MR) is 59.9 cm³/mol. The molecule has 0 radical (unpaired) electrons. The summed E-state index contributed by atoms with van der Waals surface area (Å²) in [6.45, 7) is 0.109.